The summed E-state index contributed by atoms with van der Waals surface area (Å²) in [6.07, 6.45) is 0. The number of thiophene rings is 2. The molecule has 0 aliphatic rings. The van der Waals surface area contributed by atoms with Crippen LogP contribution in [0, 0.1) is 0 Å². The quantitative estimate of drug-likeness (QED) is 0.417. The summed E-state index contributed by atoms with van der Waals surface area (Å²) in [6.45, 7) is 0. The predicted molar refractivity (Wildman–Crippen MR) is 98.5 cm³/mol. The van der Waals surface area contributed by atoms with E-state index in [4.69, 9.17) is 5.84 Å². The van der Waals surface area contributed by atoms with Gasteiger partial charge in [0.1, 0.15) is 5.01 Å². The molecule has 0 radical (unpaired) electrons. The van der Waals surface area contributed by atoms with Gasteiger partial charge in [0.05, 0.1) is 15.4 Å². The maximum absolute atomic E-state index is 6.10. The summed E-state index contributed by atoms with van der Waals surface area (Å²) in [5, 5.41) is 16.3. The number of hydrogen-bond acceptors (Lipinski definition) is 8. The van der Waals surface area contributed by atoms with Gasteiger partial charge < -0.3 is 5.84 Å². The summed E-state index contributed by atoms with van der Waals surface area (Å²) in [7, 11) is 0. The zero-order valence-electron chi connectivity index (χ0n) is 11.7. The van der Waals surface area contributed by atoms with Gasteiger partial charge in [0.25, 0.3) is 0 Å². The van der Waals surface area contributed by atoms with E-state index in [1.54, 1.807) is 50.4 Å². The van der Waals surface area contributed by atoms with E-state index in [1.807, 2.05) is 23.6 Å². The monoisotopic (exact) mass is 377 g/mol. The van der Waals surface area contributed by atoms with Gasteiger partial charge in [-0.1, -0.05) is 23.9 Å². The molecule has 2 N–H and O–H groups in total. The summed E-state index contributed by atoms with van der Waals surface area (Å²) in [4.78, 5) is 6.88. The second kappa shape index (κ2) is 6.44. The molecule has 0 saturated heterocycles. The highest BCUT2D eigenvalue weighted by atomic mass is 32.2. The zero-order valence-corrected chi connectivity index (χ0v) is 15.0. The predicted octanol–water partition coefficient (Wildman–Crippen LogP) is 4.20. The van der Waals surface area contributed by atoms with Crippen LogP contribution in [-0.2, 0) is 5.75 Å². The van der Waals surface area contributed by atoms with Gasteiger partial charge in [0.2, 0.25) is 5.16 Å². The summed E-state index contributed by atoms with van der Waals surface area (Å²) in [5.41, 5.74) is 1.03. The summed E-state index contributed by atoms with van der Waals surface area (Å²) >= 11 is 6.51. The van der Waals surface area contributed by atoms with Crippen molar-refractivity contribution in [2.24, 2.45) is 0 Å². The normalized spacial score (nSPS) is 11.1. The summed E-state index contributed by atoms with van der Waals surface area (Å²) in [5.74, 6) is 7.52. The van der Waals surface area contributed by atoms with Crippen molar-refractivity contribution in [3.63, 3.8) is 0 Å². The third kappa shape index (κ3) is 3.05. The molecule has 0 aliphatic carbocycles. The Kier molecular flexibility index (Phi) is 4.17. The zero-order chi connectivity index (χ0) is 15.6. The topological polar surface area (TPSA) is 69.6 Å². The van der Waals surface area contributed by atoms with E-state index in [0.29, 0.717) is 11.0 Å². The molecule has 0 aromatic carbocycles. The van der Waals surface area contributed by atoms with Crippen molar-refractivity contribution < 1.29 is 0 Å². The maximum Gasteiger partial charge on any atom is 0.210 e. The minimum absolute atomic E-state index is 0.694. The van der Waals surface area contributed by atoms with Gasteiger partial charge in [-0.3, -0.25) is 0 Å². The van der Waals surface area contributed by atoms with Crippen LogP contribution < -0.4 is 5.84 Å². The van der Waals surface area contributed by atoms with Crippen LogP contribution in [0.25, 0.3) is 20.6 Å². The van der Waals surface area contributed by atoms with Gasteiger partial charge in [-0.25, -0.2) is 9.66 Å². The number of nitrogen functional groups attached to an aromatic ring is 1. The number of hydrogen-bond donors (Lipinski definition) is 1. The second-order valence-corrected chi connectivity index (χ2v) is 8.26. The highest BCUT2D eigenvalue weighted by molar-refractivity contribution is 7.98. The molecule has 4 aromatic heterocycles. The van der Waals surface area contributed by atoms with Crippen LogP contribution in [0.2, 0.25) is 0 Å². The second-order valence-electron chi connectivity index (χ2n) is 4.56. The number of nitrogens with zero attached hydrogens (tertiary/aromatic N) is 4. The van der Waals surface area contributed by atoms with Crippen LogP contribution >= 0.6 is 45.8 Å². The standard InChI is InChI=1S/C14H11N5S4/c15-19-12(10-3-1-5-20-10)17-18-14(19)23-8-9-7-22-13(16-9)11-4-2-6-21-11/h1-7H,8,15H2. The van der Waals surface area contributed by atoms with Gasteiger partial charge in [0.15, 0.2) is 5.82 Å². The van der Waals surface area contributed by atoms with Crippen molar-refractivity contribution in [1.82, 2.24) is 19.9 Å². The lowest BCUT2D eigenvalue weighted by molar-refractivity contribution is 0.850. The number of thiazole rings is 1. The Balaban J connectivity index is 1.48. The Hall–Kier alpha value is -1.68. The van der Waals surface area contributed by atoms with Crippen LogP contribution in [0.3, 0.4) is 0 Å². The largest absolute Gasteiger partial charge is 0.335 e. The van der Waals surface area contributed by atoms with E-state index in [-0.39, 0.29) is 0 Å². The maximum atomic E-state index is 6.10. The average Bonchev–Trinajstić information content (AvgIpc) is 3.33. The van der Waals surface area contributed by atoms with Crippen molar-refractivity contribution in [3.05, 3.63) is 46.1 Å². The minimum atomic E-state index is 0.694. The number of nitrogens with two attached hydrogens (primary N) is 1. The molecule has 9 heteroatoms. The molecule has 0 atom stereocenters. The third-order valence-electron chi connectivity index (χ3n) is 3.04. The Bertz CT molecular complexity index is 892. The lowest BCUT2D eigenvalue weighted by atomic mass is 10.4. The number of rotatable bonds is 5. The van der Waals surface area contributed by atoms with Gasteiger partial charge in [-0.15, -0.1) is 44.2 Å². The van der Waals surface area contributed by atoms with Crippen molar-refractivity contribution in [3.8, 4) is 20.6 Å². The molecule has 0 saturated carbocycles. The van der Waals surface area contributed by atoms with Crippen molar-refractivity contribution in [2.45, 2.75) is 10.9 Å². The fraction of sp³-hybridized carbons (Fsp3) is 0.0714. The van der Waals surface area contributed by atoms with Crippen LogP contribution in [-0.4, -0.2) is 19.9 Å². The Labute approximate surface area is 148 Å². The molecule has 0 bridgehead atoms. The smallest absolute Gasteiger partial charge is 0.210 e. The molecule has 4 aromatic rings. The van der Waals surface area contributed by atoms with Crippen LogP contribution in [0.1, 0.15) is 5.69 Å². The summed E-state index contributed by atoms with van der Waals surface area (Å²) in [6, 6.07) is 8.09. The van der Waals surface area contributed by atoms with E-state index in [1.165, 1.54) is 4.88 Å². The van der Waals surface area contributed by atoms with Gasteiger partial charge >= 0.3 is 0 Å². The molecule has 23 heavy (non-hydrogen) atoms. The first-order chi connectivity index (χ1) is 11.3. The molecule has 5 nitrogen and oxygen atoms in total. The molecule has 0 aliphatic heterocycles. The molecule has 0 amide bonds. The first kappa shape index (κ1) is 14.9. The molecule has 0 fully saturated rings. The SMILES string of the molecule is Nn1c(SCc2csc(-c3cccs3)n2)nnc1-c1cccs1. The van der Waals surface area contributed by atoms with Crippen molar-refractivity contribution in [1.29, 1.82) is 0 Å². The lowest BCUT2D eigenvalue weighted by Gasteiger charge is -2.01. The van der Waals surface area contributed by atoms with E-state index in [0.717, 1.165) is 21.3 Å². The molecule has 116 valence electrons. The molecule has 0 spiro atoms. The molecule has 4 heterocycles. The fourth-order valence-electron chi connectivity index (χ4n) is 1.97. The Morgan fingerprint density at radius 2 is 1.83 bits per heavy atom. The molecular weight excluding hydrogens is 366 g/mol. The number of aromatic nitrogens is 4. The Morgan fingerprint density at radius 1 is 1.04 bits per heavy atom. The van der Waals surface area contributed by atoms with E-state index >= 15 is 0 Å². The lowest BCUT2D eigenvalue weighted by Crippen LogP contribution is -2.11. The highest BCUT2D eigenvalue weighted by Gasteiger charge is 2.14. The van der Waals surface area contributed by atoms with E-state index < -0.39 is 0 Å². The van der Waals surface area contributed by atoms with Gasteiger partial charge in [0, 0.05) is 11.1 Å². The van der Waals surface area contributed by atoms with Crippen LogP contribution in [0.15, 0.2) is 45.6 Å². The Morgan fingerprint density at radius 3 is 2.57 bits per heavy atom. The molecule has 0 unspecified atom stereocenters. The van der Waals surface area contributed by atoms with E-state index in [2.05, 4.69) is 32.0 Å². The summed E-state index contributed by atoms with van der Waals surface area (Å²) < 4.78 is 1.54. The highest BCUT2D eigenvalue weighted by Crippen LogP contribution is 2.31. The fourth-order valence-corrected chi connectivity index (χ4v) is 5.17. The minimum Gasteiger partial charge on any atom is -0.335 e. The van der Waals surface area contributed by atoms with Crippen molar-refractivity contribution in [2.75, 3.05) is 5.84 Å². The van der Waals surface area contributed by atoms with Crippen molar-refractivity contribution >= 4 is 45.8 Å². The first-order valence-corrected chi connectivity index (χ1v) is 10.3. The van der Waals surface area contributed by atoms with Crippen LogP contribution in [0.5, 0.6) is 0 Å². The molecule has 4 rings (SSSR count). The molecular formula is C14H11N5S4. The average molecular weight is 378 g/mol. The van der Waals surface area contributed by atoms with Gasteiger partial charge in [-0.2, -0.15) is 0 Å². The van der Waals surface area contributed by atoms with E-state index in [9.17, 15) is 0 Å². The third-order valence-corrected chi connectivity index (χ3v) is 6.81. The number of thioether (sulfide) groups is 1. The van der Waals surface area contributed by atoms with Gasteiger partial charge in [-0.05, 0) is 22.9 Å². The first-order valence-electron chi connectivity index (χ1n) is 6.67. The van der Waals surface area contributed by atoms with Crippen LogP contribution in [0.4, 0.5) is 0 Å².